The Labute approximate surface area is 91.2 Å². The van der Waals surface area contributed by atoms with Gasteiger partial charge in [0.1, 0.15) is 5.40 Å². The summed E-state index contributed by atoms with van der Waals surface area (Å²) >= 11 is 6.58. The number of allylic oxidation sites excluding steroid dienone is 1. The highest BCUT2D eigenvalue weighted by atomic mass is 35.5. The van der Waals surface area contributed by atoms with E-state index < -0.39 is 0 Å². The molecule has 0 N–H and O–H groups in total. The Hall–Kier alpha value is -1.24. The van der Waals surface area contributed by atoms with Crippen LogP contribution in [0.25, 0.3) is 0 Å². The lowest BCUT2D eigenvalue weighted by Crippen LogP contribution is -1.92. The number of hydrogen-bond acceptors (Lipinski definition) is 3. The van der Waals surface area contributed by atoms with Gasteiger partial charge in [0.2, 0.25) is 0 Å². The molecule has 0 saturated heterocycles. The summed E-state index contributed by atoms with van der Waals surface area (Å²) in [4.78, 5) is 11.4. The average Bonchev–Trinajstić information content (AvgIpc) is 2.19. The third-order valence-corrected chi connectivity index (χ3v) is 2.10. The van der Waals surface area contributed by atoms with Crippen molar-refractivity contribution in [2.45, 2.75) is 0 Å². The number of carbonyl (C=O) groups is 1. The van der Waals surface area contributed by atoms with E-state index in [1.165, 1.54) is 11.5 Å². The van der Waals surface area contributed by atoms with Gasteiger partial charge in [0.25, 0.3) is 0 Å². The van der Waals surface area contributed by atoms with Crippen LogP contribution >= 0.6 is 23.4 Å². The number of hydrogen-bond donors (Lipinski definition) is 0. The van der Waals surface area contributed by atoms with Crippen LogP contribution in [-0.2, 0) is 0 Å². The van der Waals surface area contributed by atoms with Gasteiger partial charge in [-0.2, -0.15) is 5.26 Å². The molecule has 0 unspecified atom stereocenters. The number of nitriles is 1. The van der Waals surface area contributed by atoms with Crippen LogP contribution in [0.2, 0.25) is 5.02 Å². The van der Waals surface area contributed by atoms with Gasteiger partial charge in [-0.05, 0) is 47.5 Å². The van der Waals surface area contributed by atoms with E-state index in [0.29, 0.717) is 10.6 Å². The fourth-order valence-corrected chi connectivity index (χ4v) is 1.22. The predicted octanol–water partition coefficient (Wildman–Crippen LogP) is 3.25. The molecule has 0 aliphatic carbocycles. The highest BCUT2D eigenvalue weighted by molar-refractivity contribution is 8.06. The Balaban J connectivity index is 2.71. The first-order chi connectivity index (χ1) is 6.74. The third kappa shape index (κ3) is 3.25. The van der Waals surface area contributed by atoms with E-state index in [4.69, 9.17) is 16.9 Å². The summed E-state index contributed by atoms with van der Waals surface area (Å²) in [6.07, 6.45) is 1.36. The smallest absolute Gasteiger partial charge is 0.186 e. The van der Waals surface area contributed by atoms with Crippen molar-refractivity contribution in [1.82, 2.24) is 0 Å². The molecule has 0 aromatic heterocycles. The zero-order chi connectivity index (χ0) is 10.4. The summed E-state index contributed by atoms with van der Waals surface area (Å²) in [5.41, 5.74) is 0.559. The Morgan fingerprint density at radius 2 is 2.07 bits per heavy atom. The maximum atomic E-state index is 11.4. The van der Waals surface area contributed by atoms with E-state index in [-0.39, 0.29) is 5.78 Å². The normalized spacial score (nSPS) is 10.0. The van der Waals surface area contributed by atoms with Gasteiger partial charge in [0.05, 0.1) is 0 Å². The van der Waals surface area contributed by atoms with E-state index in [9.17, 15) is 4.79 Å². The van der Waals surface area contributed by atoms with E-state index in [2.05, 4.69) is 0 Å². The number of halogens is 1. The Kier molecular flexibility index (Phi) is 4.24. The van der Waals surface area contributed by atoms with Crippen LogP contribution in [-0.4, -0.2) is 5.78 Å². The molecule has 0 atom stereocenters. The molecule has 1 aromatic rings. The molecule has 0 fully saturated rings. The van der Waals surface area contributed by atoms with Crippen LogP contribution in [0.1, 0.15) is 10.4 Å². The first-order valence-corrected chi connectivity index (χ1v) is 5.01. The second-order valence-electron chi connectivity index (χ2n) is 2.38. The molecule has 0 saturated carbocycles. The first-order valence-electron chi connectivity index (χ1n) is 3.75. The molecule has 70 valence electrons. The van der Waals surface area contributed by atoms with Crippen LogP contribution < -0.4 is 0 Å². The lowest BCUT2D eigenvalue weighted by molar-refractivity contribution is 0.104. The molecule has 0 radical (unpaired) electrons. The van der Waals surface area contributed by atoms with Crippen molar-refractivity contribution < 1.29 is 4.79 Å². The summed E-state index contributed by atoms with van der Waals surface area (Å²) < 4.78 is 0. The minimum atomic E-state index is -0.135. The van der Waals surface area contributed by atoms with Gasteiger partial charge < -0.3 is 0 Å². The molecule has 1 rings (SSSR count). The van der Waals surface area contributed by atoms with Gasteiger partial charge in [0.15, 0.2) is 5.78 Å². The standard InChI is InChI=1S/C10H6ClNOS/c11-9-3-1-8(2-4-9)10(13)5-6-14-7-12/h1-6H/b6-5+. The molecule has 14 heavy (non-hydrogen) atoms. The third-order valence-electron chi connectivity index (χ3n) is 1.47. The van der Waals surface area contributed by atoms with Gasteiger partial charge >= 0.3 is 0 Å². The van der Waals surface area contributed by atoms with E-state index in [0.717, 1.165) is 11.8 Å². The second-order valence-corrected chi connectivity index (χ2v) is 3.51. The number of thiocyanates is 1. The molecule has 2 nitrogen and oxygen atoms in total. The molecule has 0 spiro atoms. The largest absolute Gasteiger partial charge is 0.289 e. The van der Waals surface area contributed by atoms with Crippen LogP contribution in [0.3, 0.4) is 0 Å². The zero-order valence-corrected chi connectivity index (χ0v) is 8.68. The van der Waals surface area contributed by atoms with Crippen LogP contribution in [0.4, 0.5) is 0 Å². The number of thioether (sulfide) groups is 1. The highest BCUT2D eigenvalue weighted by Gasteiger charge is 1.99. The Bertz CT molecular complexity index is 392. The van der Waals surface area contributed by atoms with Gasteiger partial charge in [0, 0.05) is 10.6 Å². The van der Waals surface area contributed by atoms with Crippen molar-refractivity contribution in [2.75, 3.05) is 0 Å². The molecule has 1 aromatic carbocycles. The van der Waals surface area contributed by atoms with E-state index >= 15 is 0 Å². The molecule has 0 aliphatic heterocycles. The van der Waals surface area contributed by atoms with Crippen molar-refractivity contribution >= 4 is 29.1 Å². The average molecular weight is 224 g/mol. The fraction of sp³-hybridized carbons (Fsp3) is 0. The van der Waals surface area contributed by atoms with E-state index in [1.54, 1.807) is 24.3 Å². The number of rotatable bonds is 3. The Morgan fingerprint density at radius 3 is 2.64 bits per heavy atom. The first kappa shape index (κ1) is 10.8. The molecule has 0 aliphatic rings. The topological polar surface area (TPSA) is 40.9 Å². The summed E-state index contributed by atoms with van der Waals surface area (Å²) in [7, 11) is 0. The summed E-state index contributed by atoms with van der Waals surface area (Å²) in [6, 6.07) is 6.60. The minimum Gasteiger partial charge on any atom is -0.289 e. The summed E-state index contributed by atoms with van der Waals surface area (Å²) in [5, 5.41) is 12.1. The summed E-state index contributed by atoms with van der Waals surface area (Å²) in [5.74, 6) is -0.135. The second kappa shape index (κ2) is 5.48. The molecule has 0 bridgehead atoms. The minimum absolute atomic E-state index is 0.135. The maximum absolute atomic E-state index is 11.4. The molecular weight excluding hydrogens is 218 g/mol. The van der Waals surface area contributed by atoms with Crippen LogP contribution in [0, 0.1) is 10.7 Å². The molecule has 4 heteroatoms. The SMILES string of the molecule is N#CS/C=C/C(=O)c1ccc(Cl)cc1. The summed E-state index contributed by atoms with van der Waals surface area (Å²) in [6.45, 7) is 0. The number of benzene rings is 1. The van der Waals surface area contributed by atoms with Gasteiger partial charge in [-0.3, -0.25) is 4.79 Å². The van der Waals surface area contributed by atoms with Gasteiger partial charge in [-0.25, -0.2) is 0 Å². The quantitative estimate of drug-likeness (QED) is 0.449. The maximum Gasteiger partial charge on any atom is 0.186 e. The van der Waals surface area contributed by atoms with E-state index in [1.807, 2.05) is 5.40 Å². The lowest BCUT2D eigenvalue weighted by Gasteiger charge is -1.94. The predicted molar refractivity (Wildman–Crippen MR) is 58.1 cm³/mol. The van der Waals surface area contributed by atoms with Crippen LogP contribution in [0.15, 0.2) is 35.7 Å². The number of ketones is 1. The monoisotopic (exact) mass is 223 g/mol. The number of carbonyl (C=O) groups excluding carboxylic acids is 1. The zero-order valence-electron chi connectivity index (χ0n) is 7.11. The van der Waals surface area contributed by atoms with Gasteiger partial charge in [-0.1, -0.05) is 11.6 Å². The molecule has 0 heterocycles. The lowest BCUT2D eigenvalue weighted by atomic mass is 10.1. The van der Waals surface area contributed by atoms with Crippen LogP contribution in [0.5, 0.6) is 0 Å². The van der Waals surface area contributed by atoms with Crippen molar-refractivity contribution in [2.24, 2.45) is 0 Å². The van der Waals surface area contributed by atoms with Crippen molar-refractivity contribution in [3.8, 4) is 5.40 Å². The van der Waals surface area contributed by atoms with Gasteiger partial charge in [-0.15, -0.1) is 0 Å². The molecule has 0 amide bonds. The highest BCUT2D eigenvalue weighted by Crippen LogP contribution is 2.11. The molecular formula is C10H6ClNOS. The van der Waals surface area contributed by atoms with Crippen molar-refractivity contribution in [3.63, 3.8) is 0 Å². The number of nitrogens with zero attached hydrogens (tertiary/aromatic N) is 1. The fourth-order valence-electron chi connectivity index (χ4n) is 0.837. The van der Waals surface area contributed by atoms with Crippen molar-refractivity contribution in [1.29, 1.82) is 5.26 Å². The Morgan fingerprint density at radius 1 is 1.43 bits per heavy atom. The van der Waals surface area contributed by atoms with Crippen molar-refractivity contribution in [3.05, 3.63) is 46.3 Å².